The van der Waals surface area contributed by atoms with Crippen molar-refractivity contribution in [1.29, 1.82) is 0 Å². The van der Waals surface area contributed by atoms with Crippen LogP contribution in [-0.4, -0.2) is 85.1 Å². The summed E-state index contributed by atoms with van der Waals surface area (Å²) >= 11 is 3.06. The first kappa shape index (κ1) is 24.4. The summed E-state index contributed by atoms with van der Waals surface area (Å²) in [6.07, 6.45) is 0.866. The molecule has 2 heterocycles. The minimum absolute atomic E-state index is 0.0113. The highest BCUT2D eigenvalue weighted by Crippen LogP contribution is 2.25. The number of halogens is 2. The fourth-order valence-electron chi connectivity index (χ4n) is 3.54. The quantitative estimate of drug-likeness (QED) is 0.417. The maximum Gasteiger partial charge on any atom is 0.298 e. The Bertz CT molecular complexity index is 1090. The predicted octanol–water partition coefficient (Wildman–Crippen LogP) is 0.283. The Labute approximate surface area is 193 Å². The van der Waals surface area contributed by atoms with Crippen LogP contribution in [0.2, 0.25) is 0 Å². The minimum Gasteiger partial charge on any atom is -0.350 e. The van der Waals surface area contributed by atoms with Gasteiger partial charge in [0.05, 0.1) is 10.5 Å². The van der Waals surface area contributed by atoms with Gasteiger partial charge in [0.25, 0.3) is 27.8 Å². The van der Waals surface area contributed by atoms with Crippen LogP contribution in [0.1, 0.15) is 18.4 Å². The van der Waals surface area contributed by atoms with E-state index >= 15 is 0 Å². The van der Waals surface area contributed by atoms with E-state index < -0.39 is 45.7 Å². The van der Waals surface area contributed by atoms with Crippen molar-refractivity contribution in [3.8, 4) is 0 Å². The van der Waals surface area contributed by atoms with E-state index in [-0.39, 0.29) is 23.4 Å². The molecule has 1 aromatic carbocycles. The van der Waals surface area contributed by atoms with E-state index in [2.05, 4.69) is 26.2 Å². The van der Waals surface area contributed by atoms with Gasteiger partial charge < -0.3 is 5.32 Å². The van der Waals surface area contributed by atoms with Crippen LogP contribution in [0.3, 0.4) is 0 Å². The predicted molar refractivity (Wildman–Crippen MR) is 117 cm³/mol. The zero-order valence-corrected chi connectivity index (χ0v) is 20.1. The Morgan fingerprint density at radius 1 is 1.31 bits per heavy atom. The molecule has 0 radical (unpaired) electrons. The third-order valence-corrected chi connectivity index (χ3v) is 7.88. The second kappa shape index (κ2) is 9.33. The van der Waals surface area contributed by atoms with Crippen molar-refractivity contribution in [2.75, 3.05) is 27.7 Å². The van der Waals surface area contributed by atoms with Crippen molar-refractivity contribution < 1.29 is 27.2 Å². The second-order valence-electron chi connectivity index (χ2n) is 7.64. The number of benzene rings is 1. The summed E-state index contributed by atoms with van der Waals surface area (Å²) in [5.74, 6) is -3.04. The number of amides is 2. The standard InChI is InChI=1S/C19H23BrFN5O5S/c1-24(2)32(30,31)25(3)14-5-4-8-26-17(14)23-15(16(27)19(26)29)18(28)22-10-11-6-7-13(21)12(20)9-11/h6-7,9,14-15H,4-5,8,10H2,1-3H3,(H,22,28). The topological polar surface area (TPSA) is 119 Å². The number of Topliss-reactive ketones (excluding diaryl/α,β-unsaturated/α-hetero) is 1. The number of nitrogens with zero attached hydrogens (tertiary/aromatic N) is 4. The number of piperidine rings is 1. The van der Waals surface area contributed by atoms with Gasteiger partial charge in [0.15, 0.2) is 6.04 Å². The van der Waals surface area contributed by atoms with Crippen LogP contribution < -0.4 is 5.32 Å². The number of rotatable bonds is 6. The molecule has 0 bridgehead atoms. The average Bonchev–Trinajstić information content (AvgIpc) is 2.75. The number of amidine groups is 1. The first-order chi connectivity index (χ1) is 14.9. The first-order valence-electron chi connectivity index (χ1n) is 9.75. The maximum absolute atomic E-state index is 13.4. The lowest BCUT2D eigenvalue weighted by Crippen LogP contribution is -2.62. The highest BCUT2D eigenvalue weighted by molar-refractivity contribution is 9.10. The molecule has 2 aliphatic heterocycles. The van der Waals surface area contributed by atoms with E-state index in [1.54, 1.807) is 0 Å². The van der Waals surface area contributed by atoms with Crippen molar-refractivity contribution in [3.05, 3.63) is 34.1 Å². The molecule has 1 saturated heterocycles. The van der Waals surface area contributed by atoms with Crippen LogP contribution >= 0.6 is 15.9 Å². The van der Waals surface area contributed by atoms with E-state index in [1.807, 2.05) is 0 Å². The molecular formula is C19H23BrFN5O5S. The van der Waals surface area contributed by atoms with Gasteiger partial charge in [0.2, 0.25) is 0 Å². The largest absolute Gasteiger partial charge is 0.350 e. The van der Waals surface area contributed by atoms with E-state index in [9.17, 15) is 27.2 Å². The highest BCUT2D eigenvalue weighted by atomic mass is 79.9. The number of aliphatic imine (C=N–C) groups is 1. The molecule has 1 N–H and O–H groups in total. The van der Waals surface area contributed by atoms with Crippen molar-refractivity contribution in [3.63, 3.8) is 0 Å². The SMILES string of the molecule is CN(C)S(=O)(=O)N(C)C1CCCN2C(=O)C(=O)C(C(=O)NCc3ccc(F)c(Br)c3)N=C12. The smallest absolute Gasteiger partial charge is 0.298 e. The second-order valence-corrected chi connectivity index (χ2v) is 10.7. The zero-order valence-electron chi connectivity index (χ0n) is 17.7. The third kappa shape index (κ3) is 4.60. The molecule has 32 heavy (non-hydrogen) atoms. The third-order valence-electron chi connectivity index (χ3n) is 5.36. The van der Waals surface area contributed by atoms with Gasteiger partial charge in [-0.2, -0.15) is 17.0 Å². The molecule has 0 saturated carbocycles. The van der Waals surface area contributed by atoms with Crippen LogP contribution in [0.4, 0.5) is 4.39 Å². The minimum atomic E-state index is -3.82. The summed E-state index contributed by atoms with van der Waals surface area (Å²) in [6, 6.07) is 1.77. The Hall–Kier alpha value is -2.22. The molecule has 1 aromatic rings. The van der Waals surface area contributed by atoms with Crippen LogP contribution in [0.25, 0.3) is 0 Å². The lowest BCUT2D eigenvalue weighted by Gasteiger charge is -2.40. The Morgan fingerprint density at radius 3 is 2.62 bits per heavy atom. The molecule has 3 rings (SSSR count). The summed E-state index contributed by atoms with van der Waals surface area (Å²) in [5.41, 5.74) is 0.572. The lowest BCUT2D eigenvalue weighted by molar-refractivity contribution is -0.146. The molecular weight excluding hydrogens is 509 g/mol. The molecule has 2 amide bonds. The molecule has 2 unspecified atom stereocenters. The van der Waals surface area contributed by atoms with Gasteiger partial charge in [-0.05, 0) is 46.5 Å². The maximum atomic E-state index is 13.4. The fourth-order valence-corrected chi connectivity index (χ4v) is 5.01. The van der Waals surface area contributed by atoms with Crippen LogP contribution in [0.15, 0.2) is 27.7 Å². The van der Waals surface area contributed by atoms with E-state index in [0.717, 1.165) is 13.5 Å². The molecule has 1 fully saturated rings. The monoisotopic (exact) mass is 531 g/mol. The summed E-state index contributed by atoms with van der Waals surface area (Å²) in [5, 5.41) is 2.53. The van der Waals surface area contributed by atoms with Gasteiger partial charge in [0.1, 0.15) is 11.7 Å². The molecule has 2 atom stereocenters. The molecule has 2 aliphatic rings. The van der Waals surface area contributed by atoms with Crippen molar-refractivity contribution in [2.45, 2.75) is 31.5 Å². The average molecular weight is 532 g/mol. The molecule has 10 nitrogen and oxygen atoms in total. The molecule has 0 aliphatic carbocycles. The van der Waals surface area contributed by atoms with Gasteiger partial charge in [-0.15, -0.1) is 0 Å². The molecule has 0 aromatic heterocycles. The number of nitrogens with one attached hydrogen (secondary N) is 1. The number of fused-ring (bicyclic) bond motifs is 1. The van der Waals surface area contributed by atoms with Crippen LogP contribution in [-0.2, 0) is 31.1 Å². The van der Waals surface area contributed by atoms with Crippen molar-refractivity contribution in [2.24, 2.45) is 4.99 Å². The summed E-state index contributed by atoms with van der Waals surface area (Å²) in [7, 11) is 0.313. The Kier molecular flexibility index (Phi) is 7.12. The fraction of sp³-hybridized carbons (Fsp3) is 0.474. The summed E-state index contributed by atoms with van der Waals surface area (Å²) in [6.45, 7) is 0.205. The summed E-state index contributed by atoms with van der Waals surface area (Å²) < 4.78 is 40.9. The number of hydrogen-bond acceptors (Lipinski definition) is 6. The molecule has 174 valence electrons. The van der Waals surface area contributed by atoms with Crippen molar-refractivity contribution in [1.82, 2.24) is 18.8 Å². The zero-order chi connectivity index (χ0) is 23.8. The molecule has 13 heteroatoms. The normalized spacial score (nSPS) is 21.6. The van der Waals surface area contributed by atoms with Crippen LogP contribution in [0.5, 0.6) is 0 Å². The van der Waals surface area contributed by atoms with Gasteiger partial charge in [-0.1, -0.05) is 6.07 Å². The molecule has 0 spiro atoms. The van der Waals surface area contributed by atoms with Gasteiger partial charge in [-0.3, -0.25) is 19.3 Å². The summed E-state index contributed by atoms with van der Waals surface area (Å²) in [4.78, 5) is 43.3. The van der Waals surface area contributed by atoms with Gasteiger partial charge >= 0.3 is 0 Å². The Morgan fingerprint density at radius 2 is 2.00 bits per heavy atom. The van der Waals surface area contributed by atoms with E-state index in [4.69, 9.17) is 0 Å². The number of carbonyl (C=O) groups is 3. The van der Waals surface area contributed by atoms with Gasteiger partial charge in [0, 0.05) is 34.2 Å². The lowest BCUT2D eigenvalue weighted by atomic mass is 9.99. The van der Waals surface area contributed by atoms with Crippen LogP contribution in [0, 0.1) is 5.82 Å². The van der Waals surface area contributed by atoms with E-state index in [1.165, 1.54) is 39.3 Å². The number of hydrogen-bond donors (Lipinski definition) is 1. The Balaban J connectivity index is 1.86. The number of likely N-dealkylation sites (N-methyl/N-ethyl adjacent to an activating group) is 1. The highest BCUT2D eigenvalue weighted by Gasteiger charge is 2.46. The first-order valence-corrected chi connectivity index (χ1v) is 11.9. The van der Waals surface area contributed by atoms with Gasteiger partial charge in [-0.25, -0.2) is 9.38 Å². The van der Waals surface area contributed by atoms with E-state index in [0.29, 0.717) is 18.4 Å². The van der Waals surface area contributed by atoms with Crippen molar-refractivity contribution >= 4 is 49.6 Å². The number of carbonyl (C=O) groups excluding carboxylic acids is 3. The number of ketones is 1.